The van der Waals surface area contributed by atoms with E-state index in [4.69, 9.17) is 16.6 Å². The normalized spacial score (nSPS) is 16.8. The number of pyridine rings is 1. The minimum atomic E-state index is -0.233. The quantitative estimate of drug-likeness (QED) is 0.891. The van der Waals surface area contributed by atoms with E-state index < -0.39 is 0 Å². The zero-order valence-electron chi connectivity index (χ0n) is 14.7. The standard InChI is InChI=1S/C19H23ClN4O/c1-13(23(2)3)24-11-10-22-19(24)18(16-6-4-5-9-21-16)15-8-7-14(20)12-17(15)25/h4-9,12-13,18,25H,10-11H2,1-3H3. The van der Waals surface area contributed by atoms with Crippen LogP contribution < -0.4 is 0 Å². The number of benzene rings is 1. The highest BCUT2D eigenvalue weighted by Crippen LogP contribution is 2.35. The van der Waals surface area contributed by atoms with Crippen molar-refractivity contribution >= 4 is 17.4 Å². The summed E-state index contributed by atoms with van der Waals surface area (Å²) < 4.78 is 0. The lowest BCUT2D eigenvalue weighted by Crippen LogP contribution is -2.46. The van der Waals surface area contributed by atoms with Crippen LogP contribution in [0.4, 0.5) is 0 Å². The molecule has 1 N–H and O–H groups in total. The van der Waals surface area contributed by atoms with Crippen molar-refractivity contribution in [3.05, 3.63) is 58.9 Å². The van der Waals surface area contributed by atoms with Crippen molar-refractivity contribution in [2.24, 2.45) is 4.99 Å². The van der Waals surface area contributed by atoms with Gasteiger partial charge in [-0.2, -0.15) is 0 Å². The zero-order valence-corrected chi connectivity index (χ0v) is 15.5. The van der Waals surface area contributed by atoms with Crippen molar-refractivity contribution in [2.45, 2.75) is 19.0 Å². The smallest absolute Gasteiger partial charge is 0.121 e. The van der Waals surface area contributed by atoms with Crippen LogP contribution in [0.3, 0.4) is 0 Å². The molecule has 0 amide bonds. The molecule has 2 aromatic rings. The second-order valence-corrected chi connectivity index (χ2v) is 6.86. The molecule has 0 radical (unpaired) electrons. The Kier molecular flexibility index (Phi) is 5.25. The molecule has 1 aromatic heterocycles. The lowest BCUT2D eigenvalue weighted by molar-refractivity contribution is 0.169. The summed E-state index contributed by atoms with van der Waals surface area (Å²) in [5.41, 5.74) is 1.62. The summed E-state index contributed by atoms with van der Waals surface area (Å²) in [5, 5.41) is 11.0. The van der Waals surface area contributed by atoms with Gasteiger partial charge in [-0.15, -0.1) is 0 Å². The summed E-state index contributed by atoms with van der Waals surface area (Å²) in [5.74, 6) is 0.857. The van der Waals surface area contributed by atoms with Gasteiger partial charge in [0.2, 0.25) is 0 Å². The molecule has 25 heavy (non-hydrogen) atoms. The number of hydrogen-bond donors (Lipinski definition) is 1. The largest absolute Gasteiger partial charge is 0.508 e. The van der Waals surface area contributed by atoms with Gasteiger partial charge in [0.05, 0.1) is 24.3 Å². The number of aromatic nitrogens is 1. The van der Waals surface area contributed by atoms with Gasteiger partial charge in [0, 0.05) is 23.3 Å². The number of amidine groups is 1. The van der Waals surface area contributed by atoms with E-state index in [-0.39, 0.29) is 17.8 Å². The fraction of sp³-hybridized carbons (Fsp3) is 0.368. The summed E-state index contributed by atoms with van der Waals surface area (Å²) in [6.07, 6.45) is 1.96. The molecule has 6 heteroatoms. The van der Waals surface area contributed by atoms with E-state index in [9.17, 15) is 5.11 Å². The number of aliphatic imine (C=N–C) groups is 1. The van der Waals surface area contributed by atoms with E-state index in [2.05, 4.69) is 35.8 Å². The number of phenols is 1. The van der Waals surface area contributed by atoms with Gasteiger partial charge in [0.15, 0.2) is 0 Å². The summed E-state index contributed by atoms with van der Waals surface area (Å²) in [7, 11) is 4.10. The minimum absolute atomic E-state index is 0.162. The second-order valence-electron chi connectivity index (χ2n) is 6.42. The molecule has 2 heterocycles. The Morgan fingerprint density at radius 3 is 2.68 bits per heavy atom. The van der Waals surface area contributed by atoms with Crippen molar-refractivity contribution in [1.82, 2.24) is 14.8 Å². The molecule has 0 saturated carbocycles. The molecule has 0 bridgehead atoms. The van der Waals surface area contributed by atoms with Gasteiger partial charge in [-0.05, 0) is 45.3 Å². The number of rotatable bonds is 5. The van der Waals surface area contributed by atoms with Crippen LogP contribution in [0.1, 0.15) is 24.1 Å². The first kappa shape index (κ1) is 17.7. The Balaban J connectivity index is 2.09. The highest BCUT2D eigenvalue weighted by Gasteiger charge is 2.33. The Hall–Kier alpha value is -2.11. The van der Waals surface area contributed by atoms with Crippen molar-refractivity contribution in [1.29, 1.82) is 0 Å². The fourth-order valence-electron chi connectivity index (χ4n) is 3.13. The van der Waals surface area contributed by atoms with E-state index in [1.165, 1.54) is 0 Å². The Bertz CT molecular complexity index is 763. The van der Waals surface area contributed by atoms with Gasteiger partial charge >= 0.3 is 0 Å². The molecule has 2 unspecified atom stereocenters. The number of phenolic OH excluding ortho intramolecular Hbond substituents is 1. The Morgan fingerprint density at radius 1 is 1.24 bits per heavy atom. The highest BCUT2D eigenvalue weighted by atomic mass is 35.5. The van der Waals surface area contributed by atoms with Crippen LogP contribution in [0, 0.1) is 0 Å². The number of nitrogens with zero attached hydrogens (tertiary/aromatic N) is 4. The second kappa shape index (κ2) is 7.42. The molecule has 0 fully saturated rings. The van der Waals surface area contributed by atoms with Gasteiger partial charge in [0.1, 0.15) is 11.6 Å². The highest BCUT2D eigenvalue weighted by molar-refractivity contribution is 6.30. The van der Waals surface area contributed by atoms with Crippen LogP contribution in [0.25, 0.3) is 0 Å². The molecule has 1 aliphatic rings. The number of halogens is 1. The van der Waals surface area contributed by atoms with Gasteiger partial charge in [-0.1, -0.05) is 23.7 Å². The first-order valence-electron chi connectivity index (χ1n) is 8.35. The fourth-order valence-corrected chi connectivity index (χ4v) is 3.30. The number of hydrogen-bond acceptors (Lipinski definition) is 5. The van der Waals surface area contributed by atoms with Crippen molar-refractivity contribution < 1.29 is 5.11 Å². The predicted molar refractivity (Wildman–Crippen MR) is 101 cm³/mol. The van der Waals surface area contributed by atoms with Crippen molar-refractivity contribution in [3.8, 4) is 5.75 Å². The topological polar surface area (TPSA) is 52.0 Å². The van der Waals surface area contributed by atoms with E-state index in [0.29, 0.717) is 5.02 Å². The minimum Gasteiger partial charge on any atom is -0.508 e. The van der Waals surface area contributed by atoms with Crippen LogP contribution in [0.15, 0.2) is 47.6 Å². The van der Waals surface area contributed by atoms with E-state index >= 15 is 0 Å². The molecule has 3 rings (SSSR count). The molecule has 1 aromatic carbocycles. The molecular weight excluding hydrogens is 336 g/mol. The molecule has 132 valence electrons. The predicted octanol–water partition coefficient (Wildman–Crippen LogP) is 3.19. The third-order valence-electron chi connectivity index (χ3n) is 4.65. The summed E-state index contributed by atoms with van der Waals surface area (Å²) in [6, 6.07) is 11.0. The Morgan fingerprint density at radius 2 is 2.04 bits per heavy atom. The van der Waals surface area contributed by atoms with Crippen LogP contribution in [0.2, 0.25) is 5.02 Å². The summed E-state index contributed by atoms with van der Waals surface area (Å²) in [4.78, 5) is 13.7. The van der Waals surface area contributed by atoms with E-state index in [0.717, 1.165) is 30.2 Å². The molecule has 0 aliphatic carbocycles. The summed E-state index contributed by atoms with van der Waals surface area (Å²) in [6.45, 7) is 3.75. The van der Waals surface area contributed by atoms with Crippen LogP contribution in [-0.2, 0) is 0 Å². The molecule has 2 atom stereocenters. The van der Waals surface area contributed by atoms with Crippen molar-refractivity contribution in [3.63, 3.8) is 0 Å². The number of aromatic hydroxyl groups is 1. The van der Waals surface area contributed by atoms with E-state index in [1.807, 2.05) is 24.3 Å². The lowest BCUT2D eigenvalue weighted by Gasteiger charge is -2.35. The van der Waals surface area contributed by atoms with Crippen LogP contribution in [0.5, 0.6) is 5.75 Å². The zero-order chi connectivity index (χ0) is 18.0. The van der Waals surface area contributed by atoms with Crippen LogP contribution >= 0.6 is 11.6 Å². The van der Waals surface area contributed by atoms with Gasteiger partial charge in [-0.25, -0.2) is 0 Å². The van der Waals surface area contributed by atoms with Crippen LogP contribution in [-0.4, -0.2) is 59.1 Å². The third kappa shape index (κ3) is 3.62. The Labute approximate surface area is 153 Å². The maximum Gasteiger partial charge on any atom is 0.121 e. The average Bonchev–Trinajstić information content (AvgIpc) is 3.06. The lowest BCUT2D eigenvalue weighted by atomic mass is 9.92. The SMILES string of the molecule is CC(N(C)C)N1CCN=C1C(c1ccccn1)c1ccc(Cl)cc1O. The van der Waals surface area contributed by atoms with Gasteiger partial charge in [0.25, 0.3) is 0 Å². The molecule has 0 spiro atoms. The van der Waals surface area contributed by atoms with Crippen molar-refractivity contribution in [2.75, 3.05) is 27.2 Å². The first-order chi connectivity index (χ1) is 12.0. The third-order valence-corrected chi connectivity index (χ3v) is 4.89. The van der Waals surface area contributed by atoms with Gasteiger partial charge in [-0.3, -0.25) is 14.9 Å². The molecule has 1 aliphatic heterocycles. The van der Waals surface area contributed by atoms with Gasteiger partial charge < -0.3 is 10.0 Å². The average molecular weight is 359 g/mol. The van der Waals surface area contributed by atoms with E-state index in [1.54, 1.807) is 18.3 Å². The molecule has 5 nitrogen and oxygen atoms in total. The molecule has 0 saturated heterocycles. The maximum atomic E-state index is 10.5. The monoisotopic (exact) mass is 358 g/mol. The molecular formula is C19H23ClN4O. The summed E-state index contributed by atoms with van der Waals surface area (Å²) >= 11 is 6.03. The maximum absolute atomic E-state index is 10.5. The first-order valence-corrected chi connectivity index (χ1v) is 8.73.